The van der Waals surface area contributed by atoms with Gasteiger partial charge in [0.2, 0.25) is 0 Å². The fourth-order valence-electron chi connectivity index (χ4n) is 2.71. The van der Waals surface area contributed by atoms with Crippen molar-refractivity contribution in [3.63, 3.8) is 0 Å². The van der Waals surface area contributed by atoms with Crippen molar-refractivity contribution in [3.05, 3.63) is 18.2 Å². The van der Waals surface area contributed by atoms with Crippen LogP contribution >= 0.6 is 0 Å². The maximum Gasteiger partial charge on any atom is 0.410 e. The molecule has 0 saturated carbocycles. The second-order valence-corrected chi connectivity index (χ2v) is 7.01. The summed E-state index contributed by atoms with van der Waals surface area (Å²) in [5, 5.41) is 3.47. The van der Waals surface area contributed by atoms with Gasteiger partial charge in [-0.1, -0.05) is 0 Å². The van der Waals surface area contributed by atoms with Gasteiger partial charge >= 0.3 is 6.09 Å². The maximum atomic E-state index is 12.2. The van der Waals surface area contributed by atoms with Gasteiger partial charge in [0.05, 0.1) is 14.2 Å². The maximum absolute atomic E-state index is 12.2. The summed E-state index contributed by atoms with van der Waals surface area (Å²) >= 11 is 0. The summed E-state index contributed by atoms with van der Waals surface area (Å²) in [4.78, 5) is 14.0. The van der Waals surface area contributed by atoms with Crippen LogP contribution in [0.25, 0.3) is 0 Å². The highest BCUT2D eigenvalue weighted by atomic mass is 16.6. The number of methoxy groups -OCH3 is 2. The molecule has 134 valence electrons. The number of piperidine rings is 1. The van der Waals surface area contributed by atoms with Crippen LogP contribution in [0.1, 0.15) is 33.6 Å². The molecule has 1 N–H and O–H groups in total. The SMILES string of the molecule is COc1cc(NC2CCCN(C(=O)OC(C)(C)C)C2)cc(OC)c1. The lowest BCUT2D eigenvalue weighted by molar-refractivity contribution is 0.0206. The lowest BCUT2D eigenvalue weighted by Crippen LogP contribution is -2.46. The molecule has 1 fully saturated rings. The van der Waals surface area contributed by atoms with Crippen LogP contribution in [0.5, 0.6) is 11.5 Å². The highest BCUT2D eigenvalue weighted by Crippen LogP contribution is 2.27. The van der Waals surface area contributed by atoms with E-state index >= 15 is 0 Å². The molecule has 1 heterocycles. The van der Waals surface area contributed by atoms with Crippen molar-refractivity contribution in [2.75, 3.05) is 32.6 Å². The predicted molar refractivity (Wildman–Crippen MR) is 94.0 cm³/mol. The molecule has 0 bridgehead atoms. The molecular weight excluding hydrogens is 308 g/mol. The molecule has 0 aliphatic carbocycles. The normalized spacial score (nSPS) is 18.0. The van der Waals surface area contributed by atoms with Crippen molar-refractivity contribution in [1.82, 2.24) is 4.90 Å². The van der Waals surface area contributed by atoms with Gasteiger partial charge in [0.15, 0.2) is 0 Å². The molecule has 1 saturated heterocycles. The van der Waals surface area contributed by atoms with E-state index in [2.05, 4.69) is 5.32 Å². The summed E-state index contributed by atoms with van der Waals surface area (Å²) in [5.74, 6) is 1.47. The summed E-state index contributed by atoms with van der Waals surface area (Å²) in [6.45, 7) is 7.00. The van der Waals surface area contributed by atoms with Crippen molar-refractivity contribution in [2.45, 2.75) is 45.3 Å². The Morgan fingerprint density at radius 1 is 1.17 bits per heavy atom. The molecule has 1 unspecified atom stereocenters. The fraction of sp³-hybridized carbons (Fsp3) is 0.611. The van der Waals surface area contributed by atoms with Crippen molar-refractivity contribution < 1.29 is 19.0 Å². The first kappa shape index (κ1) is 18.2. The molecule has 1 aliphatic rings. The highest BCUT2D eigenvalue weighted by molar-refractivity contribution is 5.68. The monoisotopic (exact) mass is 336 g/mol. The first-order valence-electron chi connectivity index (χ1n) is 8.28. The number of hydrogen-bond donors (Lipinski definition) is 1. The zero-order valence-electron chi connectivity index (χ0n) is 15.2. The minimum Gasteiger partial charge on any atom is -0.497 e. The molecule has 0 radical (unpaired) electrons. The Bertz CT molecular complexity index is 546. The summed E-state index contributed by atoms with van der Waals surface area (Å²) in [6.07, 6.45) is 1.69. The third-order valence-electron chi connectivity index (χ3n) is 3.80. The van der Waals surface area contributed by atoms with Crippen molar-refractivity contribution in [3.8, 4) is 11.5 Å². The smallest absolute Gasteiger partial charge is 0.410 e. The lowest BCUT2D eigenvalue weighted by Gasteiger charge is -2.34. The van der Waals surface area contributed by atoms with Gasteiger partial charge in [-0.25, -0.2) is 4.79 Å². The van der Waals surface area contributed by atoms with Gasteiger partial charge in [-0.05, 0) is 33.6 Å². The zero-order valence-corrected chi connectivity index (χ0v) is 15.2. The van der Waals surface area contributed by atoms with Gasteiger partial charge in [-0.2, -0.15) is 0 Å². The molecule has 1 atom stereocenters. The Morgan fingerprint density at radius 2 is 1.79 bits per heavy atom. The van der Waals surface area contributed by atoms with Gasteiger partial charge in [0, 0.05) is 43.0 Å². The number of carbonyl (C=O) groups excluding carboxylic acids is 1. The number of benzene rings is 1. The standard InChI is InChI=1S/C18H28N2O4/c1-18(2,3)24-17(21)20-8-6-7-13(12-20)19-14-9-15(22-4)11-16(10-14)23-5/h9-11,13,19H,6-8,12H2,1-5H3. The zero-order chi connectivity index (χ0) is 17.7. The van der Waals surface area contributed by atoms with Crippen LogP contribution in [0, 0.1) is 0 Å². The van der Waals surface area contributed by atoms with Crippen LogP contribution < -0.4 is 14.8 Å². The summed E-state index contributed by atoms with van der Waals surface area (Å²) < 4.78 is 16.1. The third-order valence-corrected chi connectivity index (χ3v) is 3.80. The second-order valence-electron chi connectivity index (χ2n) is 7.01. The van der Waals surface area contributed by atoms with E-state index in [1.165, 1.54) is 0 Å². The summed E-state index contributed by atoms with van der Waals surface area (Å²) in [7, 11) is 3.26. The number of amides is 1. The number of anilines is 1. The van der Waals surface area contributed by atoms with E-state index < -0.39 is 5.60 Å². The Hall–Kier alpha value is -2.11. The van der Waals surface area contributed by atoms with Crippen molar-refractivity contribution in [2.24, 2.45) is 0 Å². The van der Waals surface area contributed by atoms with Gasteiger partial charge in [-0.15, -0.1) is 0 Å². The number of nitrogens with zero attached hydrogens (tertiary/aromatic N) is 1. The topological polar surface area (TPSA) is 60.0 Å². The number of nitrogens with one attached hydrogen (secondary N) is 1. The Morgan fingerprint density at radius 3 is 2.33 bits per heavy atom. The molecule has 0 spiro atoms. The molecule has 1 aromatic rings. The highest BCUT2D eigenvalue weighted by Gasteiger charge is 2.27. The van der Waals surface area contributed by atoms with Crippen molar-refractivity contribution >= 4 is 11.8 Å². The van der Waals surface area contributed by atoms with E-state index in [0.717, 1.165) is 36.6 Å². The number of carbonyl (C=O) groups is 1. The Balaban J connectivity index is 2.01. The van der Waals surface area contributed by atoms with Crippen LogP contribution in [0.4, 0.5) is 10.5 Å². The van der Waals surface area contributed by atoms with Gasteiger partial charge in [0.25, 0.3) is 0 Å². The molecule has 1 amide bonds. The largest absolute Gasteiger partial charge is 0.497 e. The fourth-order valence-corrected chi connectivity index (χ4v) is 2.71. The summed E-state index contributed by atoms with van der Waals surface area (Å²) in [5.41, 5.74) is 0.444. The van der Waals surface area contributed by atoms with Crippen LogP contribution in [0.15, 0.2) is 18.2 Å². The van der Waals surface area contributed by atoms with Crippen molar-refractivity contribution in [1.29, 1.82) is 0 Å². The molecule has 24 heavy (non-hydrogen) atoms. The van der Waals surface area contributed by atoms with E-state index in [0.29, 0.717) is 6.54 Å². The minimum atomic E-state index is -0.475. The predicted octanol–water partition coefficient (Wildman–Crippen LogP) is 3.52. The summed E-state index contributed by atoms with van der Waals surface area (Å²) in [6, 6.07) is 5.85. The molecular formula is C18H28N2O4. The van der Waals surface area contributed by atoms with Crippen LogP contribution in [0.2, 0.25) is 0 Å². The second kappa shape index (κ2) is 7.64. The average molecular weight is 336 g/mol. The molecule has 6 heteroatoms. The lowest BCUT2D eigenvalue weighted by atomic mass is 10.1. The number of rotatable bonds is 4. The molecule has 2 rings (SSSR count). The van der Waals surface area contributed by atoms with Crippen LogP contribution in [-0.2, 0) is 4.74 Å². The quantitative estimate of drug-likeness (QED) is 0.912. The van der Waals surface area contributed by atoms with E-state index in [1.54, 1.807) is 19.1 Å². The van der Waals surface area contributed by atoms with Crippen LogP contribution in [-0.4, -0.2) is 49.9 Å². The first-order chi connectivity index (χ1) is 11.3. The van der Waals surface area contributed by atoms with Gasteiger partial charge < -0.3 is 24.4 Å². The molecule has 1 aromatic carbocycles. The van der Waals surface area contributed by atoms with E-state index in [9.17, 15) is 4.79 Å². The third kappa shape index (κ3) is 5.22. The number of likely N-dealkylation sites (tertiary alicyclic amines) is 1. The minimum absolute atomic E-state index is 0.170. The van der Waals surface area contributed by atoms with E-state index in [-0.39, 0.29) is 12.1 Å². The Kier molecular flexibility index (Phi) is 5.80. The Labute approximate surface area is 144 Å². The number of hydrogen-bond acceptors (Lipinski definition) is 5. The van der Waals surface area contributed by atoms with Crippen LogP contribution in [0.3, 0.4) is 0 Å². The molecule has 1 aliphatic heterocycles. The van der Waals surface area contributed by atoms with Gasteiger partial charge in [-0.3, -0.25) is 0 Å². The molecule has 6 nitrogen and oxygen atoms in total. The first-order valence-corrected chi connectivity index (χ1v) is 8.28. The number of ether oxygens (including phenoxy) is 3. The van der Waals surface area contributed by atoms with Gasteiger partial charge in [0.1, 0.15) is 17.1 Å². The van der Waals surface area contributed by atoms with E-state index in [1.807, 2.05) is 39.0 Å². The average Bonchev–Trinajstić information content (AvgIpc) is 2.53. The molecule has 0 aromatic heterocycles. The van der Waals surface area contributed by atoms with E-state index in [4.69, 9.17) is 14.2 Å².